The van der Waals surface area contributed by atoms with Crippen LogP contribution in [0.15, 0.2) is 57.7 Å². The first-order valence-electron chi connectivity index (χ1n) is 9.41. The predicted molar refractivity (Wildman–Crippen MR) is 106 cm³/mol. The molecular formula is C22H23FN2O2. The standard InChI is InChI=1S/C22H23FN2O2/c1-2-16-3-8-20-17(14-22(26)27-21(20)13-16)15-24-9-11-25(12-10-24)19-6-4-18(23)5-7-19/h3-8,13-14H,2,9-12,15H2,1H3. The van der Waals surface area contributed by atoms with Crippen molar-refractivity contribution in [3.05, 3.63) is 75.9 Å². The van der Waals surface area contributed by atoms with Gasteiger partial charge in [-0.25, -0.2) is 9.18 Å². The molecule has 2 aromatic carbocycles. The van der Waals surface area contributed by atoms with E-state index in [0.29, 0.717) is 5.58 Å². The topological polar surface area (TPSA) is 36.7 Å². The van der Waals surface area contributed by atoms with Crippen molar-refractivity contribution < 1.29 is 8.81 Å². The summed E-state index contributed by atoms with van der Waals surface area (Å²) in [5.41, 5.74) is 3.60. The van der Waals surface area contributed by atoms with Crippen LogP contribution in [-0.2, 0) is 13.0 Å². The van der Waals surface area contributed by atoms with Gasteiger partial charge in [-0.2, -0.15) is 0 Å². The van der Waals surface area contributed by atoms with Gasteiger partial charge in [-0.05, 0) is 47.9 Å². The molecule has 0 saturated carbocycles. The highest BCUT2D eigenvalue weighted by Gasteiger charge is 2.18. The van der Waals surface area contributed by atoms with Gasteiger partial charge in [0.05, 0.1) is 0 Å². The van der Waals surface area contributed by atoms with E-state index in [1.54, 1.807) is 6.07 Å². The van der Waals surface area contributed by atoms with Crippen molar-refractivity contribution >= 4 is 16.7 Å². The highest BCUT2D eigenvalue weighted by Crippen LogP contribution is 2.22. The van der Waals surface area contributed by atoms with E-state index in [4.69, 9.17) is 4.42 Å². The minimum Gasteiger partial charge on any atom is -0.423 e. The molecule has 0 aliphatic carbocycles. The lowest BCUT2D eigenvalue weighted by atomic mass is 10.1. The molecule has 1 aromatic heterocycles. The van der Waals surface area contributed by atoms with Gasteiger partial charge in [0.2, 0.25) is 0 Å². The van der Waals surface area contributed by atoms with Gasteiger partial charge < -0.3 is 9.32 Å². The Morgan fingerprint density at radius 3 is 2.44 bits per heavy atom. The summed E-state index contributed by atoms with van der Waals surface area (Å²) in [5, 5.41) is 1.01. The molecule has 0 spiro atoms. The molecule has 4 rings (SSSR count). The zero-order valence-electron chi connectivity index (χ0n) is 15.5. The van der Waals surface area contributed by atoms with Crippen LogP contribution in [-0.4, -0.2) is 31.1 Å². The van der Waals surface area contributed by atoms with Crippen LogP contribution in [0.3, 0.4) is 0 Å². The van der Waals surface area contributed by atoms with Crippen LogP contribution in [0.2, 0.25) is 0 Å². The van der Waals surface area contributed by atoms with Gasteiger partial charge >= 0.3 is 5.63 Å². The van der Waals surface area contributed by atoms with Gasteiger partial charge in [-0.15, -0.1) is 0 Å². The molecule has 3 aromatic rings. The summed E-state index contributed by atoms with van der Waals surface area (Å²) >= 11 is 0. The third-order valence-corrected chi connectivity index (χ3v) is 5.26. The molecule has 1 aliphatic rings. The quantitative estimate of drug-likeness (QED) is 0.658. The first kappa shape index (κ1) is 17.7. The van der Waals surface area contributed by atoms with Crippen LogP contribution >= 0.6 is 0 Å². The zero-order chi connectivity index (χ0) is 18.8. The predicted octanol–water partition coefficient (Wildman–Crippen LogP) is 3.82. The van der Waals surface area contributed by atoms with E-state index >= 15 is 0 Å². The zero-order valence-corrected chi connectivity index (χ0v) is 15.5. The molecule has 0 unspecified atom stereocenters. The molecule has 5 heteroatoms. The molecule has 1 saturated heterocycles. The maximum absolute atomic E-state index is 13.1. The van der Waals surface area contributed by atoms with Gasteiger partial charge in [0.1, 0.15) is 11.4 Å². The maximum Gasteiger partial charge on any atom is 0.336 e. The Balaban J connectivity index is 1.49. The second-order valence-corrected chi connectivity index (χ2v) is 7.01. The lowest BCUT2D eigenvalue weighted by Gasteiger charge is -2.36. The highest BCUT2D eigenvalue weighted by molar-refractivity contribution is 5.80. The average molecular weight is 366 g/mol. The Morgan fingerprint density at radius 1 is 1.00 bits per heavy atom. The summed E-state index contributed by atoms with van der Waals surface area (Å²) in [4.78, 5) is 16.6. The maximum atomic E-state index is 13.1. The van der Waals surface area contributed by atoms with Crippen molar-refractivity contribution in [1.82, 2.24) is 4.90 Å². The Kier molecular flexibility index (Phi) is 4.94. The summed E-state index contributed by atoms with van der Waals surface area (Å²) in [5.74, 6) is -0.210. The van der Waals surface area contributed by atoms with Gasteiger partial charge in [0.25, 0.3) is 0 Å². The fourth-order valence-electron chi connectivity index (χ4n) is 3.68. The van der Waals surface area contributed by atoms with Crippen LogP contribution in [0.25, 0.3) is 11.0 Å². The van der Waals surface area contributed by atoms with Crippen molar-refractivity contribution in [3.8, 4) is 0 Å². The third kappa shape index (κ3) is 3.88. The number of aryl methyl sites for hydroxylation is 1. The SMILES string of the molecule is CCc1ccc2c(CN3CCN(c4ccc(F)cc4)CC3)cc(=O)oc2c1. The van der Waals surface area contributed by atoms with E-state index in [-0.39, 0.29) is 11.4 Å². The number of fused-ring (bicyclic) bond motifs is 1. The van der Waals surface area contributed by atoms with Gasteiger partial charge in [-0.1, -0.05) is 19.1 Å². The number of benzene rings is 2. The molecule has 4 nitrogen and oxygen atoms in total. The monoisotopic (exact) mass is 366 g/mol. The van der Waals surface area contributed by atoms with Crippen molar-refractivity contribution in [3.63, 3.8) is 0 Å². The normalized spacial score (nSPS) is 15.4. The third-order valence-electron chi connectivity index (χ3n) is 5.26. The Labute approximate surface area is 157 Å². The average Bonchev–Trinajstić information content (AvgIpc) is 2.68. The Bertz CT molecular complexity index is 989. The van der Waals surface area contributed by atoms with Crippen LogP contribution in [0.1, 0.15) is 18.1 Å². The van der Waals surface area contributed by atoms with E-state index in [0.717, 1.165) is 61.3 Å². The molecular weight excluding hydrogens is 343 g/mol. The summed E-state index contributed by atoms with van der Waals surface area (Å²) in [6.45, 7) is 6.36. The molecule has 1 fully saturated rings. The van der Waals surface area contributed by atoms with E-state index in [2.05, 4.69) is 28.9 Å². The minimum atomic E-state index is -0.296. The molecule has 0 N–H and O–H groups in total. The number of piperazine rings is 1. The summed E-state index contributed by atoms with van der Waals surface area (Å²) in [7, 11) is 0. The number of anilines is 1. The Morgan fingerprint density at radius 2 is 1.74 bits per heavy atom. The summed E-state index contributed by atoms with van der Waals surface area (Å²) in [6.07, 6.45) is 0.912. The lowest BCUT2D eigenvalue weighted by Crippen LogP contribution is -2.46. The van der Waals surface area contributed by atoms with Crippen molar-refractivity contribution in [1.29, 1.82) is 0 Å². The first-order chi connectivity index (χ1) is 13.1. The van der Waals surface area contributed by atoms with Crippen LogP contribution < -0.4 is 10.5 Å². The van der Waals surface area contributed by atoms with Crippen LogP contribution in [0.4, 0.5) is 10.1 Å². The first-order valence-corrected chi connectivity index (χ1v) is 9.41. The molecule has 1 aliphatic heterocycles. The molecule has 0 bridgehead atoms. The van der Waals surface area contributed by atoms with E-state index in [1.807, 2.05) is 18.2 Å². The highest BCUT2D eigenvalue weighted by atomic mass is 19.1. The lowest BCUT2D eigenvalue weighted by molar-refractivity contribution is 0.250. The van der Waals surface area contributed by atoms with E-state index in [9.17, 15) is 9.18 Å². The second-order valence-electron chi connectivity index (χ2n) is 7.01. The molecule has 27 heavy (non-hydrogen) atoms. The minimum absolute atomic E-state index is 0.210. The summed E-state index contributed by atoms with van der Waals surface area (Å²) < 4.78 is 18.5. The number of hydrogen-bond donors (Lipinski definition) is 0. The van der Waals surface area contributed by atoms with Gasteiger partial charge in [-0.3, -0.25) is 4.90 Å². The molecule has 0 radical (unpaired) electrons. The number of rotatable bonds is 4. The number of hydrogen-bond acceptors (Lipinski definition) is 4. The van der Waals surface area contributed by atoms with Gasteiger partial charge in [0.15, 0.2) is 0 Å². The van der Waals surface area contributed by atoms with Gasteiger partial charge in [0, 0.05) is 49.9 Å². The van der Waals surface area contributed by atoms with E-state index in [1.165, 1.54) is 12.1 Å². The molecule has 140 valence electrons. The molecule has 0 amide bonds. The van der Waals surface area contributed by atoms with Crippen LogP contribution in [0, 0.1) is 5.82 Å². The largest absolute Gasteiger partial charge is 0.423 e. The molecule has 0 atom stereocenters. The van der Waals surface area contributed by atoms with Crippen molar-refractivity contribution in [2.45, 2.75) is 19.9 Å². The van der Waals surface area contributed by atoms with Crippen molar-refractivity contribution in [2.75, 3.05) is 31.1 Å². The Hall–Kier alpha value is -2.66. The van der Waals surface area contributed by atoms with Crippen molar-refractivity contribution in [2.24, 2.45) is 0 Å². The second kappa shape index (κ2) is 7.53. The summed E-state index contributed by atoms with van der Waals surface area (Å²) in [6, 6.07) is 14.4. The van der Waals surface area contributed by atoms with E-state index < -0.39 is 0 Å². The molecule has 2 heterocycles. The number of halogens is 1. The number of nitrogens with zero attached hydrogens (tertiary/aromatic N) is 2. The smallest absolute Gasteiger partial charge is 0.336 e. The fraction of sp³-hybridized carbons (Fsp3) is 0.318. The van der Waals surface area contributed by atoms with Crippen LogP contribution in [0.5, 0.6) is 0 Å². The fourth-order valence-corrected chi connectivity index (χ4v) is 3.68.